The molecule has 0 aliphatic carbocycles. The Labute approximate surface area is 185 Å². The van der Waals surface area contributed by atoms with Crippen LogP contribution >= 0.6 is 0 Å². The van der Waals surface area contributed by atoms with E-state index in [1.54, 1.807) is 13.1 Å². The third-order valence-corrected chi connectivity index (χ3v) is 6.13. The number of aliphatic imine (C=N–C) groups is 1. The van der Waals surface area contributed by atoms with Gasteiger partial charge in [0.25, 0.3) is 0 Å². The molecular weight excluding hydrogens is 403 g/mol. The summed E-state index contributed by atoms with van der Waals surface area (Å²) in [5.41, 5.74) is 0.112. The molecule has 0 aromatic heterocycles. The van der Waals surface area contributed by atoms with Crippen LogP contribution in [0.2, 0.25) is 0 Å². The minimum absolute atomic E-state index is 0.0154. The third-order valence-electron chi connectivity index (χ3n) is 6.13. The van der Waals surface area contributed by atoms with Crippen LogP contribution in [-0.2, 0) is 6.18 Å². The summed E-state index contributed by atoms with van der Waals surface area (Å²) in [5, 5.41) is 6.75. The zero-order chi connectivity index (χ0) is 23.0. The lowest BCUT2D eigenvalue weighted by atomic mass is 9.96. The number of hydrogen-bond donors (Lipinski definition) is 2. The number of rotatable bonds is 8. The topological polar surface area (TPSA) is 42.9 Å². The second-order valence-corrected chi connectivity index (χ2v) is 8.84. The zero-order valence-corrected chi connectivity index (χ0v) is 19.5. The first kappa shape index (κ1) is 25.5. The Morgan fingerprint density at radius 1 is 1.10 bits per heavy atom. The first-order chi connectivity index (χ1) is 14.6. The summed E-state index contributed by atoms with van der Waals surface area (Å²) in [6.45, 7) is 12.2. The number of nitrogens with zero attached hydrogens (tertiary/aromatic N) is 3. The molecule has 0 saturated carbocycles. The fourth-order valence-corrected chi connectivity index (χ4v) is 3.96. The quantitative estimate of drug-likeness (QED) is 0.478. The lowest BCUT2D eigenvalue weighted by molar-refractivity contribution is -0.137. The van der Waals surface area contributed by atoms with Crippen molar-refractivity contribution in [1.82, 2.24) is 20.4 Å². The minimum Gasteiger partial charge on any atom is -0.356 e. The number of halogens is 3. The molecule has 2 N–H and O–H groups in total. The van der Waals surface area contributed by atoms with Crippen LogP contribution in [0.25, 0.3) is 0 Å². The van der Waals surface area contributed by atoms with Gasteiger partial charge in [0.1, 0.15) is 0 Å². The summed E-state index contributed by atoms with van der Waals surface area (Å²) >= 11 is 0. The van der Waals surface area contributed by atoms with E-state index >= 15 is 0 Å². The molecule has 1 saturated heterocycles. The van der Waals surface area contributed by atoms with E-state index in [-0.39, 0.29) is 5.92 Å². The molecule has 2 rings (SSSR count). The van der Waals surface area contributed by atoms with Gasteiger partial charge in [-0.25, -0.2) is 0 Å². The molecule has 2 unspecified atom stereocenters. The molecule has 1 aliphatic rings. The summed E-state index contributed by atoms with van der Waals surface area (Å²) in [5.74, 6) is 1.27. The molecule has 0 radical (unpaired) electrons. The normalized spacial score (nSPS) is 18.8. The molecule has 176 valence electrons. The highest BCUT2D eigenvalue weighted by molar-refractivity contribution is 5.79. The number of benzene rings is 1. The fraction of sp³-hybridized carbons (Fsp3) is 0.696. The Morgan fingerprint density at radius 2 is 1.77 bits per heavy atom. The predicted octanol–water partition coefficient (Wildman–Crippen LogP) is 3.64. The van der Waals surface area contributed by atoms with E-state index in [1.165, 1.54) is 12.1 Å². The van der Waals surface area contributed by atoms with Crippen LogP contribution in [0, 0.1) is 5.92 Å². The molecule has 0 amide bonds. The first-order valence-electron chi connectivity index (χ1n) is 11.2. The van der Waals surface area contributed by atoms with E-state index < -0.39 is 11.7 Å². The van der Waals surface area contributed by atoms with Gasteiger partial charge in [-0.3, -0.25) is 9.89 Å². The lowest BCUT2D eigenvalue weighted by Crippen LogP contribution is -2.55. The third kappa shape index (κ3) is 8.00. The van der Waals surface area contributed by atoms with E-state index in [2.05, 4.69) is 46.3 Å². The monoisotopic (exact) mass is 441 g/mol. The average Bonchev–Trinajstić information content (AvgIpc) is 2.73. The van der Waals surface area contributed by atoms with Crippen molar-refractivity contribution >= 4 is 5.96 Å². The van der Waals surface area contributed by atoms with Crippen LogP contribution in [0.3, 0.4) is 0 Å². The summed E-state index contributed by atoms with van der Waals surface area (Å²) in [6, 6.07) is 6.03. The van der Waals surface area contributed by atoms with Gasteiger partial charge in [0.15, 0.2) is 5.96 Å². The SMILES string of the molecule is CN=C(NCCC(C)c1cccc(C(F)(F)F)c1)NCC(C(C)C)N1CCN(C)CC1. The van der Waals surface area contributed by atoms with Gasteiger partial charge >= 0.3 is 6.18 Å². The van der Waals surface area contributed by atoms with Crippen molar-refractivity contribution in [1.29, 1.82) is 0 Å². The largest absolute Gasteiger partial charge is 0.416 e. The van der Waals surface area contributed by atoms with Crippen LogP contribution in [-0.4, -0.2) is 75.2 Å². The Balaban J connectivity index is 1.82. The first-order valence-corrected chi connectivity index (χ1v) is 11.2. The number of likely N-dealkylation sites (N-methyl/N-ethyl adjacent to an activating group) is 1. The van der Waals surface area contributed by atoms with E-state index in [9.17, 15) is 13.2 Å². The molecular formula is C23H38F3N5. The highest BCUT2D eigenvalue weighted by atomic mass is 19.4. The number of nitrogens with one attached hydrogen (secondary N) is 2. The van der Waals surface area contributed by atoms with Crippen molar-refractivity contribution in [2.75, 3.05) is 53.4 Å². The summed E-state index contributed by atoms with van der Waals surface area (Å²) in [4.78, 5) is 9.21. The van der Waals surface area contributed by atoms with E-state index in [1.807, 2.05) is 6.92 Å². The van der Waals surface area contributed by atoms with Gasteiger partial charge in [0.05, 0.1) is 5.56 Å². The molecule has 8 heteroatoms. The van der Waals surface area contributed by atoms with Gasteiger partial charge in [0, 0.05) is 52.4 Å². The maximum absolute atomic E-state index is 13.0. The van der Waals surface area contributed by atoms with Crippen LogP contribution < -0.4 is 10.6 Å². The van der Waals surface area contributed by atoms with Gasteiger partial charge in [-0.05, 0) is 36.9 Å². The molecule has 1 aromatic carbocycles. The Kier molecular flexibility index (Phi) is 9.62. The molecule has 0 spiro atoms. The van der Waals surface area contributed by atoms with Crippen LogP contribution in [0.1, 0.15) is 44.2 Å². The van der Waals surface area contributed by atoms with Gasteiger partial charge in [-0.1, -0.05) is 39.0 Å². The highest BCUT2D eigenvalue weighted by Crippen LogP contribution is 2.31. The zero-order valence-electron chi connectivity index (χ0n) is 19.5. The van der Waals surface area contributed by atoms with Crippen molar-refractivity contribution in [3.8, 4) is 0 Å². The van der Waals surface area contributed by atoms with Gasteiger partial charge in [0.2, 0.25) is 0 Å². The van der Waals surface area contributed by atoms with Gasteiger partial charge in [-0.15, -0.1) is 0 Å². The number of hydrogen-bond acceptors (Lipinski definition) is 3. The van der Waals surface area contributed by atoms with Gasteiger partial charge < -0.3 is 15.5 Å². The molecule has 1 heterocycles. The second-order valence-electron chi connectivity index (χ2n) is 8.84. The lowest BCUT2D eigenvalue weighted by Gasteiger charge is -2.40. The van der Waals surface area contributed by atoms with Gasteiger partial charge in [-0.2, -0.15) is 13.2 Å². The van der Waals surface area contributed by atoms with Crippen LogP contribution in [0.15, 0.2) is 29.3 Å². The van der Waals surface area contributed by atoms with Crippen LogP contribution in [0.4, 0.5) is 13.2 Å². The summed E-state index contributed by atoms with van der Waals surface area (Å²) in [7, 11) is 3.90. The molecule has 31 heavy (non-hydrogen) atoms. The molecule has 5 nitrogen and oxygen atoms in total. The maximum Gasteiger partial charge on any atom is 0.416 e. The second kappa shape index (κ2) is 11.7. The van der Waals surface area contributed by atoms with Crippen molar-refractivity contribution < 1.29 is 13.2 Å². The predicted molar refractivity (Wildman–Crippen MR) is 122 cm³/mol. The molecule has 1 aromatic rings. The highest BCUT2D eigenvalue weighted by Gasteiger charge is 2.30. The number of guanidine groups is 1. The number of piperazine rings is 1. The Hall–Kier alpha value is -1.80. The molecule has 1 aliphatic heterocycles. The van der Waals surface area contributed by atoms with Crippen LogP contribution in [0.5, 0.6) is 0 Å². The maximum atomic E-state index is 13.0. The Morgan fingerprint density at radius 3 is 2.35 bits per heavy atom. The summed E-state index contributed by atoms with van der Waals surface area (Å²) < 4.78 is 38.9. The standard InChI is InChI=1S/C23H38F3N5/c1-17(2)21(31-13-11-30(5)12-14-31)16-29-22(27-4)28-10-9-18(3)19-7-6-8-20(15-19)23(24,25)26/h6-8,15,17-18,21H,9-14,16H2,1-5H3,(H2,27,28,29). The van der Waals surface area contributed by atoms with E-state index in [4.69, 9.17) is 0 Å². The fourth-order valence-electron chi connectivity index (χ4n) is 3.96. The van der Waals surface area contributed by atoms with E-state index in [0.717, 1.165) is 44.7 Å². The van der Waals surface area contributed by atoms with Crippen molar-refractivity contribution in [2.24, 2.45) is 10.9 Å². The van der Waals surface area contributed by atoms with Crippen molar-refractivity contribution in [3.05, 3.63) is 35.4 Å². The number of alkyl halides is 3. The smallest absolute Gasteiger partial charge is 0.356 e. The van der Waals surface area contributed by atoms with Crippen molar-refractivity contribution in [2.45, 2.75) is 45.3 Å². The summed E-state index contributed by atoms with van der Waals surface area (Å²) in [6.07, 6.45) is -3.59. The van der Waals surface area contributed by atoms with Crippen molar-refractivity contribution in [3.63, 3.8) is 0 Å². The Bertz CT molecular complexity index is 697. The minimum atomic E-state index is -4.31. The molecule has 1 fully saturated rings. The molecule has 0 bridgehead atoms. The average molecular weight is 442 g/mol. The molecule has 2 atom stereocenters. The van der Waals surface area contributed by atoms with E-state index in [0.29, 0.717) is 30.5 Å².